The molecule has 0 aliphatic heterocycles. The number of methoxy groups -OCH3 is 1. The Hall–Kier alpha value is -1.38. The van der Waals surface area contributed by atoms with Crippen molar-refractivity contribution in [3.8, 4) is 0 Å². The van der Waals surface area contributed by atoms with Crippen LogP contribution < -0.4 is 0 Å². The van der Waals surface area contributed by atoms with Gasteiger partial charge in [0.2, 0.25) is 0 Å². The van der Waals surface area contributed by atoms with E-state index in [0.29, 0.717) is 6.61 Å². The molecule has 0 radical (unpaired) electrons. The van der Waals surface area contributed by atoms with Gasteiger partial charge in [-0.2, -0.15) is 0 Å². The Morgan fingerprint density at radius 2 is 1.47 bits per heavy atom. The normalized spacial score (nSPS) is 11.4. The number of hydrogen-bond acceptors (Lipinski definition) is 2. The fourth-order valence-corrected chi connectivity index (χ4v) is 2.40. The number of ether oxygens (including phenoxy) is 1. The van der Waals surface area contributed by atoms with E-state index in [1.807, 2.05) is 0 Å². The van der Waals surface area contributed by atoms with Crippen molar-refractivity contribution in [3.63, 3.8) is 0 Å². The van der Waals surface area contributed by atoms with Gasteiger partial charge in [-0.1, -0.05) is 38.1 Å². The Kier molecular flexibility index (Phi) is 4.94. The quantitative estimate of drug-likeness (QED) is 0.780. The van der Waals surface area contributed by atoms with Crippen LogP contribution >= 0.6 is 0 Å². The van der Waals surface area contributed by atoms with Gasteiger partial charge in [0.1, 0.15) is 0 Å². The van der Waals surface area contributed by atoms with Crippen LogP contribution in [0, 0.1) is 0 Å². The number of rotatable bonds is 6. The predicted molar refractivity (Wildman–Crippen MR) is 81.3 cm³/mol. The smallest absolute Gasteiger partial charge is 0.0713 e. The van der Waals surface area contributed by atoms with E-state index in [9.17, 15) is 0 Å². The van der Waals surface area contributed by atoms with E-state index in [1.165, 1.54) is 21.9 Å². The lowest BCUT2D eigenvalue weighted by molar-refractivity contribution is 0.185. The lowest BCUT2D eigenvalue weighted by atomic mass is 10.0. The van der Waals surface area contributed by atoms with Gasteiger partial charge in [-0.3, -0.25) is 4.90 Å². The Morgan fingerprint density at radius 1 is 0.895 bits per heavy atom. The molecule has 2 rings (SSSR count). The first-order valence-electron chi connectivity index (χ1n) is 6.99. The van der Waals surface area contributed by atoms with E-state index in [0.717, 1.165) is 19.6 Å². The largest absolute Gasteiger partial charge is 0.380 e. The maximum atomic E-state index is 5.18. The van der Waals surface area contributed by atoms with Gasteiger partial charge in [-0.05, 0) is 47.1 Å². The van der Waals surface area contributed by atoms with Crippen molar-refractivity contribution < 1.29 is 4.74 Å². The predicted octanol–water partition coefficient (Wildman–Crippen LogP) is 3.83. The SMILES string of the molecule is CCN(CC)Cc1ccc2cc(COC)ccc2c1. The fourth-order valence-electron chi connectivity index (χ4n) is 2.40. The molecular formula is C17H23NO. The lowest BCUT2D eigenvalue weighted by Crippen LogP contribution is -2.21. The van der Waals surface area contributed by atoms with Crippen LogP contribution in [0.25, 0.3) is 10.8 Å². The fraction of sp³-hybridized carbons (Fsp3) is 0.412. The molecule has 0 N–H and O–H groups in total. The van der Waals surface area contributed by atoms with E-state index in [4.69, 9.17) is 4.74 Å². The standard InChI is InChI=1S/C17H23NO/c1-4-18(5-2)12-14-6-8-17-11-15(13-19-3)7-9-16(17)10-14/h6-11H,4-5,12-13H2,1-3H3. The minimum Gasteiger partial charge on any atom is -0.380 e. The molecule has 0 heterocycles. The van der Waals surface area contributed by atoms with E-state index in [-0.39, 0.29) is 0 Å². The summed E-state index contributed by atoms with van der Waals surface area (Å²) in [5.41, 5.74) is 2.61. The Labute approximate surface area is 116 Å². The van der Waals surface area contributed by atoms with Crippen molar-refractivity contribution in [2.75, 3.05) is 20.2 Å². The minimum absolute atomic E-state index is 0.678. The molecule has 0 spiro atoms. The minimum atomic E-state index is 0.678. The average Bonchev–Trinajstić information content (AvgIpc) is 2.45. The van der Waals surface area contributed by atoms with Gasteiger partial charge in [0.15, 0.2) is 0 Å². The van der Waals surface area contributed by atoms with Crippen LogP contribution in [0.3, 0.4) is 0 Å². The number of nitrogens with zero attached hydrogens (tertiary/aromatic N) is 1. The summed E-state index contributed by atoms with van der Waals surface area (Å²) in [5, 5.41) is 2.60. The third-order valence-electron chi connectivity index (χ3n) is 3.58. The second-order valence-corrected chi connectivity index (χ2v) is 4.91. The summed E-state index contributed by atoms with van der Waals surface area (Å²) in [6, 6.07) is 13.3. The Bertz CT molecular complexity index is 532. The van der Waals surface area contributed by atoms with Gasteiger partial charge >= 0.3 is 0 Å². The number of fused-ring (bicyclic) bond motifs is 1. The topological polar surface area (TPSA) is 12.5 Å². The van der Waals surface area contributed by atoms with Gasteiger partial charge in [-0.15, -0.1) is 0 Å². The molecule has 0 fully saturated rings. The monoisotopic (exact) mass is 257 g/mol. The van der Waals surface area contributed by atoms with Crippen LogP contribution in [0.4, 0.5) is 0 Å². The zero-order valence-corrected chi connectivity index (χ0v) is 12.1. The first kappa shape index (κ1) is 14.0. The van der Waals surface area contributed by atoms with Crippen molar-refractivity contribution in [2.45, 2.75) is 27.0 Å². The molecule has 0 amide bonds. The third kappa shape index (κ3) is 3.55. The summed E-state index contributed by atoms with van der Waals surface area (Å²) >= 11 is 0. The highest BCUT2D eigenvalue weighted by molar-refractivity contribution is 5.83. The Morgan fingerprint density at radius 3 is 2.05 bits per heavy atom. The van der Waals surface area contributed by atoms with Gasteiger partial charge < -0.3 is 4.74 Å². The van der Waals surface area contributed by atoms with Crippen LogP contribution in [0.5, 0.6) is 0 Å². The number of benzene rings is 2. The molecule has 0 saturated carbocycles. The van der Waals surface area contributed by atoms with E-state index in [2.05, 4.69) is 55.1 Å². The van der Waals surface area contributed by atoms with Crippen molar-refractivity contribution in [1.82, 2.24) is 4.90 Å². The molecule has 2 aromatic rings. The first-order chi connectivity index (χ1) is 9.26. The van der Waals surface area contributed by atoms with Gasteiger partial charge in [0.25, 0.3) is 0 Å². The van der Waals surface area contributed by atoms with E-state index >= 15 is 0 Å². The van der Waals surface area contributed by atoms with Crippen LogP contribution in [-0.4, -0.2) is 25.1 Å². The zero-order valence-electron chi connectivity index (χ0n) is 12.1. The molecule has 0 saturated heterocycles. The molecule has 0 aromatic heterocycles. The maximum Gasteiger partial charge on any atom is 0.0713 e. The Balaban J connectivity index is 2.23. The third-order valence-corrected chi connectivity index (χ3v) is 3.58. The van der Waals surface area contributed by atoms with Crippen LogP contribution in [0.2, 0.25) is 0 Å². The van der Waals surface area contributed by atoms with Crippen molar-refractivity contribution in [1.29, 1.82) is 0 Å². The summed E-state index contributed by atoms with van der Waals surface area (Å²) in [6.07, 6.45) is 0. The highest BCUT2D eigenvalue weighted by Crippen LogP contribution is 2.19. The molecule has 0 unspecified atom stereocenters. The van der Waals surface area contributed by atoms with Crippen molar-refractivity contribution >= 4 is 10.8 Å². The molecule has 2 heteroatoms. The van der Waals surface area contributed by atoms with Gasteiger partial charge in [0, 0.05) is 13.7 Å². The molecule has 0 aliphatic carbocycles. The van der Waals surface area contributed by atoms with E-state index in [1.54, 1.807) is 7.11 Å². The average molecular weight is 257 g/mol. The molecule has 0 bridgehead atoms. The molecule has 0 atom stereocenters. The summed E-state index contributed by atoms with van der Waals surface area (Å²) in [7, 11) is 1.73. The highest BCUT2D eigenvalue weighted by Gasteiger charge is 2.03. The zero-order chi connectivity index (χ0) is 13.7. The lowest BCUT2D eigenvalue weighted by Gasteiger charge is -2.18. The summed E-state index contributed by atoms with van der Waals surface area (Å²) in [4.78, 5) is 2.43. The second-order valence-electron chi connectivity index (χ2n) is 4.91. The molecule has 102 valence electrons. The van der Waals surface area contributed by atoms with Gasteiger partial charge in [0.05, 0.1) is 6.61 Å². The summed E-state index contributed by atoms with van der Waals surface area (Å²) < 4.78 is 5.18. The highest BCUT2D eigenvalue weighted by atomic mass is 16.5. The van der Waals surface area contributed by atoms with Gasteiger partial charge in [-0.25, -0.2) is 0 Å². The number of hydrogen-bond donors (Lipinski definition) is 0. The van der Waals surface area contributed by atoms with Crippen molar-refractivity contribution in [2.24, 2.45) is 0 Å². The molecule has 0 aliphatic rings. The van der Waals surface area contributed by atoms with Crippen molar-refractivity contribution in [3.05, 3.63) is 47.5 Å². The molecule has 2 aromatic carbocycles. The first-order valence-corrected chi connectivity index (χ1v) is 6.99. The van der Waals surface area contributed by atoms with Crippen LogP contribution in [0.1, 0.15) is 25.0 Å². The maximum absolute atomic E-state index is 5.18. The summed E-state index contributed by atoms with van der Waals surface area (Å²) in [6.45, 7) is 8.33. The molecule has 2 nitrogen and oxygen atoms in total. The van der Waals surface area contributed by atoms with E-state index < -0.39 is 0 Å². The molecular weight excluding hydrogens is 234 g/mol. The second kappa shape index (κ2) is 6.69. The molecule has 19 heavy (non-hydrogen) atoms. The van der Waals surface area contributed by atoms with Crippen LogP contribution in [-0.2, 0) is 17.9 Å². The van der Waals surface area contributed by atoms with Crippen LogP contribution in [0.15, 0.2) is 36.4 Å². The summed E-state index contributed by atoms with van der Waals surface area (Å²) in [5.74, 6) is 0.